The Bertz CT molecular complexity index is 1190. The second kappa shape index (κ2) is 6.88. The molecule has 7 nitrogen and oxygen atoms in total. The lowest BCUT2D eigenvalue weighted by atomic mass is 10.2. The number of carbonyl (C=O) groups is 1. The Morgan fingerprint density at radius 3 is 2.96 bits per heavy atom. The summed E-state index contributed by atoms with van der Waals surface area (Å²) < 4.78 is 1.18. The molecule has 2 aromatic heterocycles. The SMILES string of the molecule is O=C(CN1CCC[C@@H]1c1nc2ccccc2s1)Nc1ccc2[nH]c(=O)[nH]c2c1. The van der Waals surface area contributed by atoms with Crippen molar-refractivity contribution in [2.75, 3.05) is 18.4 Å². The molecule has 8 heteroatoms. The quantitative estimate of drug-likeness (QED) is 0.496. The molecule has 1 amide bonds. The van der Waals surface area contributed by atoms with Crippen molar-refractivity contribution < 1.29 is 4.79 Å². The van der Waals surface area contributed by atoms with Gasteiger partial charge < -0.3 is 15.3 Å². The number of H-pyrrole nitrogens is 2. The van der Waals surface area contributed by atoms with Gasteiger partial charge in [-0.1, -0.05) is 12.1 Å². The summed E-state index contributed by atoms with van der Waals surface area (Å²) in [5, 5.41) is 4.02. The van der Waals surface area contributed by atoms with Crippen LogP contribution in [0.3, 0.4) is 0 Å². The van der Waals surface area contributed by atoms with Crippen LogP contribution in [0.15, 0.2) is 47.3 Å². The average molecular weight is 393 g/mol. The molecule has 1 saturated heterocycles. The second-order valence-corrected chi connectivity index (χ2v) is 8.10. The first-order valence-electron chi connectivity index (χ1n) is 9.27. The molecule has 142 valence electrons. The van der Waals surface area contributed by atoms with Crippen molar-refractivity contribution in [2.45, 2.75) is 18.9 Å². The molecule has 3 heterocycles. The van der Waals surface area contributed by atoms with E-state index in [4.69, 9.17) is 4.98 Å². The zero-order valence-electron chi connectivity index (χ0n) is 15.1. The third kappa shape index (κ3) is 3.21. The topological polar surface area (TPSA) is 93.9 Å². The van der Waals surface area contributed by atoms with Gasteiger partial charge in [0.25, 0.3) is 0 Å². The molecule has 0 unspecified atom stereocenters. The highest BCUT2D eigenvalue weighted by molar-refractivity contribution is 7.18. The highest BCUT2D eigenvalue weighted by Crippen LogP contribution is 2.36. The first-order valence-corrected chi connectivity index (χ1v) is 10.1. The predicted molar refractivity (Wildman–Crippen MR) is 111 cm³/mol. The van der Waals surface area contributed by atoms with Gasteiger partial charge in [-0.25, -0.2) is 9.78 Å². The molecule has 4 aromatic rings. The number of hydrogen-bond donors (Lipinski definition) is 3. The smallest absolute Gasteiger partial charge is 0.323 e. The van der Waals surface area contributed by atoms with E-state index in [0.29, 0.717) is 17.7 Å². The van der Waals surface area contributed by atoms with Crippen LogP contribution in [0.2, 0.25) is 0 Å². The molecule has 1 fully saturated rings. The summed E-state index contributed by atoms with van der Waals surface area (Å²) in [6.07, 6.45) is 2.08. The van der Waals surface area contributed by atoms with E-state index in [1.165, 1.54) is 4.70 Å². The van der Waals surface area contributed by atoms with Gasteiger partial charge in [-0.05, 0) is 49.7 Å². The number of likely N-dealkylation sites (tertiary alicyclic amines) is 1. The maximum Gasteiger partial charge on any atom is 0.323 e. The molecule has 1 aliphatic heterocycles. The molecule has 3 N–H and O–H groups in total. The Hall–Kier alpha value is -2.97. The van der Waals surface area contributed by atoms with E-state index < -0.39 is 0 Å². The number of imidazole rings is 1. The maximum atomic E-state index is 12.6. The summed E-state index contributed by atoms with van der Waals surface area (Å²) >= 11 is 1.71. The van der Waals surface area contributed by atoms with Crippen molar-refractivity contribution in [3.05, 3.63) is 58.0 Å². The standard InChI is InChI=1S/C20H19N5O2S/c26-18(21-12-7-8-13-15(10-12)24-20(27)23-13)11-25-9-3-5-16(25)19-22-14-4-1-2-6-17(14)28-19/h1-2,4,6-8,10,16H,3,5,9,11H2,(H,21,26)(H2,23,24,27)/t16-/m1/s1. The van der Waals surface area contributed by atoms with Crippen molar-refractivity contribution in [1.82, 2.24) is 19.9 Å². The first-order chi connectivity index (χ1) is 13.7. The van der Waals surface area contributed by atoms with Gasteiger partial charge in [-0.3, -0.25) is 9.69 Å². The minimum atomic E-state index is -0.255. The zero-order chi connectivity index (χ0) is 19.1. The van der Waals surface area contributed by atoms with Crippen LogP contribution in [0, 0.1) is 0 Å². The second-order valence-electron chi connectivity index (χ2n) is 7.04. The van der Waals surface area contributed by atoms with E-state index in [-0.39, 0.29) is 17.6 Å². The van der Waals surface area contributed by atoms with Crippen molar-refractivity contribution in [2.24, 2.45) is 0 Å². The van der Waals surface area contributed by atoms with Crippen LogP contribution in [0.5, 0.6) is 0 Å². The molecule has 0 bridgehead atoms. The third-order valence-corrected chi connectivity index (χ3v) is 6.24. The normalized spacial score (nSPS) is 17.5. The Morgan fingerprint density at radius 2 is 2.07 bits per heavy atom. The van der Waals surface area contributed by atoms with Gasteiger partial charge in [0.15, 0.2) is 0 Å². The van der Waals surface area contributed by atoms with E-state index in [0.717, 1.165) is 35.4 Å². The van der Waals surface area contributed by atoms with Crippen molar-refractivity contribution in [1.29, 1.82) is 0 Å². The number of rotatable bonds is 4. The Balaban J connectivity index is 1.31. The van der Waals surface area contributed by atoms with Gasteiger partial charge in [0, 0.05) is 5.69 Å². The molecular formula is C20H19N5O2S. The van der Waals surface area contributed by atoms with Crippen molar-refractivity contribution in [3.63, 3.8) is 0 Å². The number of thiazole rings is 1. The summed E-state index contributed by atoms with van der Waals surface area (Å²) in [4.78, 5) is 36.4. The fourth-order valence-electron chi connectivity index (χ4n) is 3.82. The fourth-order valence-corrected chi connectivity index (χ4v) is 4.96. The Morgan fingerprint density at radius 1 is 1.21 bits per heavy atom. The number of anilines is 1. The van der Waals surface area contributed by atoms with E-state index >= 15 is 0 Å². The van der Waals surface area contributed by atoms with Gasteiger partial charge in [0.2, 0.25) is 5.91 Å². The molecule has 5 rings (SSSR count). The lowest BCUT2D eigenvalue weighted by Crippen LogP contribution is -2.32. The molecule has 0 radical (unpaired) electrons. The lowest BCUT2D eigenvalue weighted by Gasteiger charge is -2.22. The van der Waals surface area contributed by atoms with Gasteiger partial charge in [-0.2, -0.15) is 0 Å². The number of benzene rings is 2. The largest absolute Gasteiger partial charge is 0.325 e. The van der Waals surface area contributed by atoms with Gasteiger partial charge >= 0.3 is 5.69 Å². The van der Waals surface area contributed by atoms with Gasteiger partial charge in [0.05, 0.1) is 33.8 Å². The number of para-hydroxylation sites is 1. The van der Waals surface area contributed by atoms with Crippen molar-refractivity contribution >= 4 is 44.2 Å². The van der Waals surface area contributed by atoms with Crippen LogP contribution in [0.25, 0.3) is 21.3 Å². The lowest BCUT2D eigenvalue weighted by molar-refractivity contribution is -0.117. The van der Waals surface area contributed by atoms with Crippen LogP contribution in [0.1, 0.15) is 23.9 Å². The molecule has 2 aromatic carbocycles. The number of fused-ring (bicyclic) bond motifs is 2. The maximum absolute atomic E-state index is 12.6. The summed E-state index contributed by atoms with van der Waals surface area (Å²) in [5.41, 5.74) is 2.83. The fraction of sp³-hybridized carbons (Fsp3) is 0.250. The summed E-state index contributed by atoms with van der Waals surface area (Å²) in [6.45, 7) is 1.21. The van der Waals surface area contributed by atoms with E-state index in [2.05, 4.69) is 26.3 Å². The van der Waals surface area contributed by atoms with Gasteiger partial charge in [-0.15, -0.1) is 11.3 Å². The minimum absolute atomic E-state index is 0.0646. The molecular weight excluding hydrogens is 374 g/mol. The average Bonchev–Trinajstić information content (AvgIpc) is 3.37. The number of carbonyl (C=O) groups excluding carboxylic acids is 1. The molecule has 1 atom stereocenters. The molecule has 0 saturated carbocycles. The monoisotopic (exact) mass is 393 g/mol. The summed E-state index contributed by atoms with van der Waals surface area (Å²) in [5.74, 6) is -0.0646. The highest BCUT2D eigenvalue weighted by Gasteiger charge is 2.30. The number of amides is 1. The van der Waals surface area contributed by atoms with Crippen LogP contribution in [-0.4, -0.2) is 38.8 Å². The summed E-state index contributed by atoms with van der Waals surface area (Å²) in [6, 6.07) is 13.7. The molecule has 1 aliphatic rings. The zero-order valence-corrected chi connectivity index (χ0v) is 15.9. The molecule has 28 heavy (non-hydrogen) atoms. The van der Waals surface area contributed by atoms with Gasteiger partial charge in [0.1, 0.15) is 5.01 Å². The first kappa shape index (κ1) is 17.2. The number of aromatic amines is 2. The number of nitrogens with one attached hydrogen (secondary N) is 3. The van der Waals surface area contributed by atoms with Crippen molar-refractivity contribution in [3.8, 4) is 0 Å². The minimum Gasteiger partial charge on any atom is -0.325 e. The van der Waals surface area contributed by atoms with Crippen LogP contribution < -0.4 is 11.0 Å². The summed E-state index contributed by atoms with van der Waals surface area (Å²) in [7, 11) is 0. The van der Waals surface area contributed by atoms with E-state index in [9.17, 15) is 9.59 Å². The Labute approximate surface area is 164 Å². The van der Waals surface area contributed by atoms with E-state index in [1.807, 2.05) is 18.2 Å². The predicted octanol–water partition coefficient (Wildman–Crippen LogP) is 3.24. The number of nitrogens with zero attached hydrogens (tertiary/aromatic N) is 2. The highest BCUT2D eigenvalue weighted by atomic mass is 32.1. The molecule has 0 aliphatic carbocycles. The van der Waals surface area contributed by atoms with Crippen LogP contribution in [-0.2, 0) is 4.79 Å². The number of aromatic nitrogens is 3. The van der Waals surface area contributed by atoms with Crippen LogP contribution in [0.4, 0.5) is 5.69 Å². The Kier molecular flexibility index (Phi) is 4.22. The molecule has 0 spiro atoms. The number of hydrogen-bond acceptors (Lipinski definition) is 5. The van der Waals surface area contributed by atoms with Crippen LogP contribution >= 0.6 is 11.3 Å². The van der Waals surface area contributed by atoms with E-state index in [1.54, 1.807) is 29.5 Å². The third-order valence-electron chi connectivity index (χ3n) is 5.11.